The minimum atomic E-state index is -0.0168. The molecule has 0 aliphatic heterocycles. The van der Waals surface area contributed by atoms with Gasteiger partial charge in [0.25, 0.3) is 5.91 Å². The number of pyridine rings is 1. The summed E-state index contributed by atoms with van der Waals surface area (Å²) in [6.07, 6.45) is 7.81. The van der Waals surface area contributed by atoms with Gasteiger partial charge in [-0.1, -0.05) is 19.8 Å². The van der Waals surface area contributed by atoms with Gasteiger partial charge >= 0.3 is 0 Å². The van der Waals surface area contributed by atoms with Gasteiger partial charge in [-0.3, -0.25) is 9.78 Å². The van der Waals surface area contributed by atoms with Crippen LogP contribution in [0.4, 0.5) is 0 Å². The molecule has 0 unspecified atom stereocenters. The van der Waals surface area contributed by atoms with Crippen molar-refractivity contribution in [2.24, 2.45) is 11.1 Å². The Bertz CT molecular complexity index is 444. The van der Waals surface area contributed by atoms with E-state index in [4.69, 9.17) is 5.73 Å². The molecule has 0 saturated heterocycles. The average Bonchev–Trinajstić information content (AvgIpc) is 2.94. The van der Waals surface area contributed by atoms with Crippen molar-refractivity contribution in [1.82, 2.24) is 10.3 Å². The third-order valence-electron chi connectivity index (χ3n) is 4.33. The van der Waals surface area contributed by atoms with Gasteiger partial charge in [-0.25, -0.2) is 0 Å². The molecule has 112 valence electrons. The molecule has 1 aromatic rings. The minimum Gasteiger partial charge on any atom is -0.351 e. The first kappa shape index (κ1) is 16.9. The van der Waals surface area contributed by atoms with E-state index in [9.17, 15) is 4.79 Å². The molecule has 0 bridgehead atoms. The van der Waals surface area contributed by atoms with Crippen molar-refractivity contribution < 1.29 is 4.79 Å². The predicted octanol–water partition coefficient (Wildman–Crippen LogP) is 2.66. The van der Waals surface area contributed by atoms with E-state index in [0.29, 0.717) is 17.5 Å². The summed E-state index contributed by atoms with van der Waals surface area (Å²) in [7, 11) is 0. The number of rotatable bonds is 5. The number of nitrogens with one attached hydrogen (secondary N) is 1. The largest absolute Gasteiger partial charge is 0.351 e. The summed E-state index contributed by atoms with van der Waals surface area (Å²) in [6, 6.07) is 3.50. The second kappa shape index (κ2) is 7.60. The molecular formula is C15H24ClN3O. The van der Waals surface area contributed by atoms with Crippen LogP contribution in [0.25, 0.3) is 0 Å². The number of hydrogen-bond donors (Lipinski definition) is 2. The molecule has 1 saturated carbocycles. The van der Waals surface area contributed by atoms with Crippen LogP contribution in [0.3, 0.4) is 0 Å². The van der Waals surface area contributed by atoms with Crippen molar-refractivity contribution in [2.75, 3.05) is 6.54 Å². The smallest absolute Gasteiger partial charge is 0.251 e. The molecule has 4 nitrogen and oxygen atoms in total. The van der Waals surface area contributed by atoms with Crippen molar-refractivity contribution in [3.05, 3.63) is 29.6 Å². The van der Waals surface area contributed by atoms with Crippen molar-refractivity contribution in [3.8, 4) is 0 Å². The average molecular weight is 298 g/mol. The van der Waals surface area contributed by atoms with Gasteiger partial charge in [-0.2, -0.15) is 0 Å². The third-order valence-corrected chi connectivity index (χ3v) is 4.33. The standard InChI is InChI=1S/C15H23N3O.ClH/c1-2-15(6-3-4-7-15)11-18-14(19)12-5-8-17-13(9-12)10-16;/h5,8-9H,2-4,6-7,10-11,16H2,1H3,(H,18,19);1H. The van der Waals surface area contributed by atoms with Gasteiger partial charge < -0.3 is 11.1 Å². The first-order valence-corrected chi connectivity index (χ1v) is 7.12. The minimum absolute atomic E-state index is 0. The number of hydrogen-bond acceptors (Lipinski definition) is 3. The highest BCUT2D eigenvalue weighted by atomic mass is 35.5. The number of aromatic nitrogens is 1. The van der Waals surface area contributed by atoms with Gasteiger partial charge in [-0.15, -0.1) is 12.4 Å². The first-order valence-electron chi connectivity index (χ1n) is 7.12. The SMILES string of the molecule is CCC1(CNC(=O)c2ccnc(CN)c2)CCCC1.Cl. The van der Waals surface area contributed by atoms with E-state index in [2.05, 4.69) is 17.2 Å². The van der Waals surface area contributed by atoms with Gasteiger partial charge in [0.1, 0.15) is 0 Å². The zero-order valence-electron chi connectivity index (χ0n) is 12.0. The number of amides is 1. The highest BCUT2D eigenvalue weighted by Crippen LogP contribution is 2.40. The number of carbonyl (C=O) groups is 1. The Kier molecular flexibility index (Phi) is 6.43. The summed E-state index contributed by atoms with van der Waals surface area (Å²) < 4.78 is 0. The Morgan fingerprint density at radius 2 is 2.15 bits per heavy atom. The van der Waals surface area contributed by atoms with Crippen LogP contribution in [-0.4, -0.2) is 17.4 Å². The van der Waals surface area contributed by atoms with Gasteiger partial charge in [0.2, 0.25) is 0 Å². The molecule has 20 heavy (non-hydrogen) atoms. The predicted molar refractivity (Wildman–Crippen MR) is 82.9 cm³/mol. The van der Waals surface area contributed by atoms with E-state index in [1.807, 2.05) is 0 Å². The number of carbonyl (C=O) groups excluding carboxylic acids is 1. The Morgan fingerprint density at radius 1 is 1.45 bits per heavy atom. The maximum absolute atomic E-state index is 12.1. The van der Waals surface area contributed by atoms with E-state index in [0.717, 1.165) is 18.7 Å². The molecule has 1 fully saturated rings. The monoisotopic (exact) mass is 297 g/mol. The van der Waals surface area contributed by atoms with E-state index in [-0.39, 0.29) is 18.3 Å². The fourth-order valence-corrected chi connectivity index (χ4v) is 2.88. The lowest BCUT2D eigenvalue weighted by atomic mass is 9.83. The molecule has 1 aromatic heterocycles. The third kappa shape index (κ3) is 3.93. The maximum Gasteiger partial charge on any atom is 0.251 e. The lowest BCUT2D eigenvalue weighted by Gasteiger charge is -2.27. The molecule has 1 amide bonds. The van der Waals surface area contributed by atoms with E-state index in [1.165, 1.54) is 25.7 Å². The van der Waals surface area contributed by atoms with Crippen LogP contribution in [0, 0.1) is 5.41 Å². The molecule has 3 N–H and O–H groups in total. The summed E-state index contributed by atoms with van der Waals surface area (Å²) in [4.78, 5) is 16.3. The van der Waals surface area contributed by atoms with Crippen LogP contribution in [0.2, 0.25) is 0 Å². The molecular weight excluding hydrogens is 274 g/mol. The Labute approximate surface area is 126 Å². The van der Waals surface area contributed by atoms with Crippen LogP contribution in [0.1, 0.15) is 55.1 Å². The Morgan fingerprint density at radius 3 is 2.75 bits per heavy atom. The molecule has 0 radical (unpaired) electrons. The fourth-order valence-electron chi connectivity index (χ4n) is 2.88. The Balaban J connectivity index is 0.00000200. The highest BCUT2D eigenvalue weighted by molar-refractivity contribution is 5.94. The van der Waals surface area contributed by atoms with Crippen molar-refractivity contribution in [2.45, 2.75) is 45.6 Å². The quantitative estimate of drug-likeness (QED) is 0.878. The summed E-state index contributed by atoms with van der Waals surface area (Å²) >= 11 is 0. The van der Waals surface area contributed by atoms with E-state index in [1.54, 1.807) is 18.3 Å². The van der Waals surface area contributed by atoms with Crippen LogP contribution in [0.15, 0.2) is 18.3 Å². The molecule has 1 heterocycles. The van der Waals surface area contributed by atoms with Crippen molar-refractivity contribution in [1.29, 1.82) is 0 Å². The Hall–Kier alpha value is -1.13. The highest BCUT2D eigenvalue weighted by Gasteiger charge is 2.32. The molecule has 1 aliphatic carbocycles. The number of nitrogens with zero attached hydrogens (tertiary/aromatic N) is 1. The first-order chi connectivity index (χ1) is 9.19. The molecule has 5 heteroatoms. The molecule has 1 aliphatic rings. The van der Waals surface area contributed by atoms with Crippen molar-refractivity contribution >= 4 is 18.3 Å². The fraction of sp³-hybridized carbons (Fsp3) is 0.600. The molecule has 0 aromatic carbocycles. The van der Waals surface area contributed by atoms with Gasteiger partial charge in [0.05, 0.1) is 5.69 Å². The number of nitrogens with two attached hydrogens (primary N) is 1. The summed E-state index contributed by atoms with van der Waals surface area (Å²) in [5.74, 6) is -0.0168. The van der Waals surface area contributed by atoms with Crippen LogP contribution in [0.5, 0.6) is 0 Å². The van der Waals surface area contributed by atoms with Gasteiger partial charge in [-0.05, 0) is 36.8 Å². The zero-order chi connectivity index (χ0) is 13.7. The van der Waals surface area contributed by atoms with Crippen LogP contribution in [-0.2, 0) is 6.54 Å². The zero-order valence-corrected chi connectivity index (χ0v) is 12.8. The van der Waals surface area contributed by atoms with Gasteiger partial charge in [0.15, 0.2) is 0 Å². The lowest BCUT2D eigenvalue weighted by Crippen LogP contribution is -2.35. The topological polar surface area (TPSA) is 68.0 Å². The summed E-state index contributed by atoms with van der Waals surface area (Å²) in [5.41, 5.74) is 7.26. The normalized spacial score (nSPS) is 16.5. The van der Waals surface area contributed by atoms with Crippen LogP contribution >= 0.6 is 12.4 Å². The molecule has 0 atom stereocenters. The molecule has 2 rings (SSSR count). The van der Waals surface area contributed by atoms with Gasteiger partial charge in [0, 0.05) is 24.8 Å². The number of halogens is 1. The summed E-state index contributed by atoms with van der Waals surface area (Å²) in [6.45, 7) is 3.36. The maximum atomic E-state index is 12.1. The second-order valence-electron chi connectivity index (χ2n) is 5.48. The van der Waals surface area contributed by atoms with E-state index < -0.39 is 0 Å². The van der Waals surface area contributed by atoms with E-state index >= 15 is 0 Å². The van der Waals surface area contributed by atoms with Crippen LogP contribution < -0.4 is 11.1 Å². The molecule has 0 spiro atoms. The second-order valence-corrected chi connectivity index (χ2v) is 5.48. The lowest BCUT2D eigenvalue weighted by molar-refractivity contribution is 0.0928. The van der Waals surface area contributed by atoms with Crippen molar-refractivity contribution in [3.63, 3.8) is 0 Å². The summed E-state index contributed by atoms with van der Waals surface area (Å²) in [5, 5.41) is 3.08.